The van der Waals surface area contributed by atoms with E-state index >= 15 is 0 Å². The van der Waals surface area contributed by atoms with Gasteiger partial charge in [0.25, 0.3) is 0 Å². The third kappa shape index (κ3) is 2.26. The van der Waals surface area contributed by atoms with Crippen molar-refractivity contribution in [3.63, 3.8) is 0 Å². The Morgan fingerprint density at radius 1 is 0.452 bits per heavy atom. The summed E-state index contributed by atoms with van der Waals surface area (Å²) < 4.78 is 61.3. The van der Waals surface area contributed by atoms with Crippen LogP contribution in [-0.4, -0.2) is 4.57 Å². The molecule has 31 heavy (non-hydrogen) atoms. The van der Waals surface area contributed by atoms with E-state index in [9.17, 15) is 0 Å². The van der Waals surface area contributed by atoms with E-state index in [-0.39, 0.29) is 58.1 Å². The summed E-state index contributed by atoms with van der Waals surface area (Å²) in [6, 6.07) is 21.9. The first-order valence-corrected chi connectivity index (χ1v) is 10.1. The third-order valence-electron chi connectivity index (χ3n) is 6.07. The van der Waals surface area contributed by atoms with E-state index in [1.54, 1.807) is 4.57 Å². The van der Waals surface area contributed by atoms with Crippen LogP contribution in [0.15, 0.2) is 115 Å². The van der Waals surface area contributed by atoms with Gasteiger partial charge in [-0.2, -0.15) is 0 Å². The Morgan fingerprint density at radius 3 is 1.71 bits per heavy atom. The van der Waals surface area contributed by atoms with Crippen LogP contribution in [0, 0.1) is 0 Å². The van der Waals surface area contributed by atoms with Gasteiger partial charge in [-0.05, 0) is 56.5 Å². The SMILES string of the molecule is [2H]c1cc([2H])c2c3c([2H])c([2H])c([2H])c([2H])c3n(-c3ccc4c5ccccc5c5ccccc5c4c3)c2c1[2H]. The molecule has 7 rings (SSSR count). The van der Waals surface area contributed by atoms with Crippen LogP contribution < -0.4 is 0 Å². The van der Waals surface area contributed by atoms with Crippen LogP contribution in [0.25, 0.3) is 59.8 Å². The maximum atomic E-state index is 8.76. The smallest absolute Gasteiger partial charge is 0.0645 e. The second-order valence-electron chi connectivity index (χ2n) is 7.66. The van der Waals surface area contributed by atoms with E-state index < -0.39 is 6.04 Å². The van der Waals surface area contributed by atoms with Gasteiger partial charge in [-0.15, -0.1) is 0 Å². The normalized spacial score (nSPS) is 15.0. The number of hydrogen-bond donors (Lipinski definition) is 0. The Labute approximate surface area is 189 Å². The summed E-state index contributed by atoms with van der Waals surface area (Å²) >= 11 is 0. The molecular formula is C30H19N. The van der Waals surface area contributed by atoms with E-state index in [1.807, 2.05) is 42.5 Å². The average molecular weight is 401 g/mol. The lowest BCUT2D eigenvalue weighted by molar-refractivity contribution is 1.19. The van der Waals surface area contributed by atoms with Gasteiger partial charge in [0.15, 0.2) is 0 Å². The summed E-state index contributed by atoms with van der Waals surface area (Å²) in [5.74, 6) is 0. The fourth-order valence-corrected chi connectivity index (χ4v) is 4.76. The maximum absolute atomic E-state index is 8.76. The lowest BCUT2D eigenvalue weighted by Crippen LogP contribution is -1.94. The average Bonchev–Trinajstić information content (AvgIpc) is 3.31. The molecule has 0 aliphatic rings. The van der Waals surface area contributed by atoms with Gasteiger partial charge in [0.05, 0.1) is 20.6 Å². The van der Waals surface area contributed by atoms with Crippen molar-refractivity contribution in [2.24, 2.45) is 0 Å². The molecule has 1 nitrogen and oxygen atoms in total. The molecule has 0 atom stereocenters. The largest absolute Gasteiger partial charge is 0.309 e. The Kier molecular flexibility index (Phi) is 2.27. The molecule has 1 aromatic heterocycles. The number of benzene rings is 6. The summed E-state index contributed by atoms with van der Waals surface area (Å²) in [6.45, 7) is 0. The van der Waals surface area contributed by atoms with Gasteiger partial charge >= 0.3 is 0 Å². The maximum Gasteiger partial charge on any atom is 0.0645 e. The molecule has 0 unspecified atom stereocenters. The summed E-state index contributed by atoms with van der Waals surface area (Å²) in [7, 11) is 0. The number of nitrogens with zero attached hydrogens (tertiary/aromatic N) is 1. The van der Waals surface area contributed by atoms with Crippen molar-refractivity contribution < 1.29 is 9.60 Å². The first kappa shape index (κ1) is 11.3. The van der Waals surface area contributed by atoms with Gasteiger partial charge in [-0.1, -0.05) is 90.9 Å². The molecular weight excluding hydrogens is 374 g/mol. The summed E-state index contributed by atoms with van der Waals surface area (Å²) in [6.07, 6.45) is 0. The molecule has 7 aromatic rings. The standard InChI is InChI=1S/C30H19N/c1-2-11-23-21(9-1)22-10-3-4-12-24(22)28-19-20(17-18-25(23)28)31-29-15-7-5-13-26(29)27-14-6-8-16-30(27)31/h1-19H/i5D,7D,8D,13D,14D,15D,16D. The van der Waals surface area contributed by atoms with Crippen LogP contribution in [0.4, 0.5) is 0 Å². The lowest BCUT2D eigenvalue weighted by Gasteiger charge is -2.13. The predicted octanol–water partition coefficient (Wildman–Crippen LogP) is 8.24. The monoisotopic (exact) mass is 400 g/mol. The summed E-state index contributed by atoms with van der Waals surface area (Å²) in [5.41, 5.74) is 1.03. The van der Waals surface area contributed by atoms with Gasteiger partial charge in [0.2, 0.25) is 0 Å². The lowest BCUT2D eigenvalue weighted by atomic mass is 9.94. The Morgan fingerprint density at radius 2 is 1.00 bits per heavy atom. The van der Waals surface area contributed by atoms with Crippen molar-refractivity contribution in [2.75, 3.05) is 0 Å². The molecule has 0 N–H and O–H groups in total. The highest BCUT2D eigenvalue weighted by atomic mass is 15.0. The van der Waals surface area contributed by atoms with Crippen molar-refractivity contribution >= 4 is 54.1 Å². The van der Waals surface area contributed by atoms with E-state index in [1.165, 1.54) is 6.07 Å². The Bertz CT molecular complexity index is 2130. The third-order valence-corrected chi connectivity index (χ3v) is 6.07. The van der Waals surface area contributed by atoms with E-state index in [0.717, 1.165) is 32.3 Å². The van der Waals surface area contributed by atoms with Gasteiger partial charge in [-0.25, -0.2) is 0 Å². The number of fused-ring (bicyclic) bond motifs is 9. The van der Waals surface area contributed by atoms with Crippen LogP contribution in [0.2, 0.25) is 0 Å². The number of para-hydroxylation sites is 2. The molecule has 1 heterocycles. The molecule has 0 amide bonds. The molecule has 0 spiro atoms. The van der Waals surface area contributed by atoms with Crippen LogP contribution >= 0.6 is 0 Å². The Hall–Kier alpha value is -4.10. The minimum absolute atomic E-state index is 0.0491. The first-order valence-electron chi connectivity index (χ1n) is 13.6. The molecule has 0 fully saturated rings. The second kappa shape index (κ2) is 6.20. The van der Waals surface area contributed by atoms with Crippen LogP contribution in [0.1, 0.15) is 9.60 Å². The zero-order valence-electron chi connectivity index (χ0n) is 23.4. The molecule has 0 aliphatic heterocycles. The van der Waals surface area contributed by atoms with Crippen molar-refractivity contribution in [2.45, 2.75) is 0 Å². The Balaban J connectivity index is 1.73. The fraction of sp³-hybridized carbons (Fsp3) is 0. The molecule has 6 aromatic carbocycles. The van der Waals surface area contributed by atoms with Crippen LogP contribution in [0.3, 0.4) is 0 Å². The minimum atomic E-state index is -0.390. The highest BCUT2D eigenvalue weighted by Gasteiger charge is 2.13. The molecule has 1 heteroatoms. The highest BCUT2D eigenvalue weighted by Crippen LogP contribution is 2.38. The van der Waals surface area contributed by atoms with Gasteiger partial charge in [-0.3, -0.25) is 0 Å². The van der Waals surface area contributed by atoms with Crippen LogP contribution in [0.5, 0.6) is 0 Å². The number of rotatable bonds is 1. The van der Waals surface area contributed by atoms with Crippen molar-refractivity contribution in [1.82, 2.24) is 4.57 Å². The summed E-state index contributed by atoms with van der Waals surface area (Å²) in [4.78, 5) is 0. The second-order valence-corrected chi connectivity index (χ2v) is 7.66. The van der Waals surface area contributed by atoms with Crippen molar-refractivity contribution in [3.8, 4) is 5.69 Å². The molecule has 144 valence electrons. The zero-order valence-corrected chi connectivity index (χ0v) is 16.4. The quantitative estimate of drug-likeness (QED) is 0.245. The number of hydrogen-bond acceptors (Lipinski definition) is 0. The molecule has 0 saturated carbocycles. The van der Waals surface area contributed by atoms with Crippen molar-refractivity contribution in [3.05, 3.63) is 115 Å². The molecule has 0 aliphatic carbocycles. The fourth-order valence-electron chi connectivity index (χ4n) is 4.76. The minimum Gasteiger partial charge on any atom is -0.309 e. The predicted molar refractivity (Wildman–Crippen MR) is 133 cm³/mol. The zero-order chi connectivity index (χ0) is 26.5. The van der Waals surface area contributed by atoms with Crippen molar-refractivity contribution in [1.29, 1.82) is 0 Å². The van der Waals surface area contributed by atoms with E-state index in [2.05, 4.69) is 24.3 Å². The van der Waals surface area contributed by atoms with Gasteiger partial charge in [0.1, 0.15) is 0 Å². The highest BCUT2D eigenvalue weighted by molar-refractivity contribution is 6.25. The van der Waals surface area contributed by atoms with E-state index in [0.29, 0.717) is 5.69 Å². The van der Waals surface area contributed by atoms with Crippen LogP contribution in [-0.2, 0) is 0 Å². The van der Waals surface area contributed by atoms with Gasteiger partial charge < -0.3 is 4.57 Å². The van der Waals surface area contributed by atoms with Gasteiger partial charge in [0, 0.05) is 16.5 Å². The first-order chi connectivity index (χ1) is 18.3. The van der Waals surface area contributed by atoms with E-state index in [4.69, 9.17) is 9.60 Å². The molecule has 0 saturated heterocycles. The topological polar surface area (TPSA) is 4.93 Å². The molecule has 0 bridgehead atoms. The number of aromatic nitrogens is 1. The summed E-state index contributed by atoms with van der Waals surface area (Å²) in [5, 5.41) is 6.82. The molecule has 0 radical (unpaired) electrons.